The Balaban J connectivity index is 0.00000180. The number of nitrogens with zero attached hydrogens (tertiary/aromatic N) is 2. The molecular weight excluding hydrogens is 297 g/mol. The van der Waals surface area contributed by atoms with E-state index in [1.807, 2.05) is 0 Å². The van der Waals surface area contributed by atoms with Crippen LogP contribution in [0.25, 0.3) is 0 Å². The van der Waals surface area contributed by atoms with Crippen molar-refractivity contribution in [2.45, 2.75) is 45.7 Å². The normalized spacial score (nSPS) is 25.0. The molecule has 2 aliphatic rings. The van der Waals surface area contributed by atoms with Crippen LogP contribution in [0.4, 0.5) is 0 Å². The highest BCUT2D eigenvalue weighted by molar-refractivity contribution is 5.85. The van der Waals surface area contributed by atoms with Crippen LogP contribution in [0, 0.1) is 5.92 Å². The lowest BCUT2D eigenvalue weighted by atomic mass is 9.96. The molecular formula is C14H29Cl2N3O. The van der Waals surface area contributed by atoms with Crippen molar-refractivity contribution in [2.75, 3.05) is 32.7 Å². The maximum atomic E-state index is 12.5. The molecule has 0 unspecified atom stereocenters. The molecule has 2 aliphatic heterocycles. The number of nitrogens with one attached hydrogen (secondary N) is 1. The molecule has 1 N–H and O–H groups in total. The van der Waals surface area contributed by atoms with Crippen molar-refractivity contribution >= 4 is 30.7 Å². The molecule has 1 amide bonds. The number of amides is 1. The molecule has 0 bridgehead atoms. The lowest BCUT2D eigenvalue weighted by Crippen LogP contribution is -2.57. The van der Waals surface area contributed by atoms with Crippen molar-refractivity contribution in [3.8, 4) is 0 Å². The van der Waals surface area contributed by atoms with E-state index in [-0.39, 0.29) is 30.7 Å². The molecule has 1 atom stereocenters. The smallest absolute Gasteiger partial charge is 0.225 e. The third kappa shape index (κ3) is 4.76. The van der Waals surface area contributed by atoms with Gasteiger partial charge in [-0.15, -0.1) is 24.8 Å². The largest absolute Gasteiger partial charge is 0.340 e. The van der Waals surface area contributed by atoms with Crippen LogP contribution in [0.1, 0.15) is 33.6 Å². The molecule has 0 saturated carbocycles. The molecule has 20 heavy (non-hydrogen) atoms. The number of hydrogen-bond donors (Lipinski definition) is 1. The van der Waals surface area contributed by atoms with E-state index in [2.05, 4.69) is 35.9 Å². The van der Waals surface area contributed by atoms with Crippen LogP contribution in [0.5, 0.6) is 0 Å². The number of hydrogen-bond acceptors (Lipinski definition) is 3. The van der Waals surface area contributed by atoms with Crippen LogP contribution in [0.3, 0.4) is 0 Å². The summed E-state index contributed by atoms with van der Waals surface area (Å²) < 4.78 is 0. The molecule has 2 heterocycles. The van der Waals surface area contributed by atoms with E-state index in [4.69, 9.17) is 0 Å². The van der Waals surface area contributed by atoms with Crippen LogP contribution < -0.4 is 5.32 Å². The molecule has 0 aromatic carbocycles. The van der Waals surface area contributed by atoms with Crippen LogP contribution in [-0.2, 0) is 4.79 Å². The van der Waals surface area contributed by atoms with E-state index >= 15 is 0 Å². The second-order valence-corrected chi connectivity index (χ2v) is 5.99. The molecule has 0 aromatic rings. The third-order valence-corrected chi connectivity index (χ3v) is 4.34. The molecule has 0 aliphatic carbocycles. The van der Waals surface area contributed by atoms with Crippen molar-refractivity contribution in [2.24, 2.45) is 5.92 Å². The number of rotatable bonds is 2. The predicted octanol–water partition coefficient (Wildman–Crippen LogP) is 1.77. The average molecular weight is 326 g/mol. The molecule has 6 heteroatoms. The lowest BCUT2D eigenvalue weighted by molar-refractivity contribution is -0.139. The first-order chi connectivity index (χ1) is 8.59. The summed E-state index contributed by atoms with van der Waals surface area (Å²) >= 11 is 0. The minimum Gasteiger partial charge on any atom is -0.340 e. The Bertz CT molecular complexity index is 296. The van der Waals surface area contributed by atoms with Gasteiger partial charge in [-0.05, 0) is 46.7 Å². The quantitative estimate of drug-likeness (QED) is 0.840. The van der Waals surface area contributed by atoms with Crippen LogP contribution >= 0.6 is 24.8 Å². The van der Waals surface area contributed by atoms with Gasteiger partial charge in [-0.25, -0.2) is 0 Å². The van der Waals surface area contributed by atoms with Gasteiger partial charge in [0.15, 0.2) is 0 Å². The minimum absolute atomic E-state index is 0. The number of piperidine rings is 1. The topological polar surface area (TPSA) is 35.6 Å². The maximum absolute atomic E-state index is 12.5. The zero-order valence-corrected chi connectivity index (χ0v) is 14.4. The second-order valence-electron chi connectivity index (χ2n) is 5.99. The van der Waals surface area contributed by atoms with Gasteiger partial charge >= 0.3 is 0 Å². The Labute approximate surface area is 135 Å². The van der Waals surface area contributed by atoms with Crippen LogP contribution in [0.15, 0.2) is 0 Å². The molecule has 2 rings (SSSR count). The number of carbonyl (C=O) groups excluding carboxylic acids is 1. The number of carbonyl (C=O) groups is 1. The molecule has 2 fully saturated rings. The first-order valence-corrected chi connectivity index (χ1v) is 7.35. The Hall–Kier alpha value is -0.0300. The van der Waals surface area contributed by atoms with Gasteiger partial charge in [0.1, 0.15) is 0 Å². The fraction of sp³-hybridized carbons (Fsp3) is 0.929. The van der Waals surface area contributed by atoms with Gasteiger partial charge in [-0.3, -0.25) is 9.69 Å². The molecule has 0 aromatic heterocycles. The van der Waals surface area contributed by atoms with Crippen molar-refractivity contribution in [1.29, 1.82) is 0 Å². The highest BCUT2D eigenvalue weighted by Crippen LogP contribution is 2.19. The zero-order valence-electron chi connectivity index (χ0n) is 12.8. The third-order valence-electron chi connectivity index (χ3n) is 4.34. The van der Waals surface area contributed by atoms with E-state index in [1.165, 1.54) is 0 Å². The molecule has 2 saturated heterocycles. The summed E-state index contributed by atoms with van der Waals surface area (Å²) in [5.41, 5.74) is 0. The number of halogens is 2. The van der Waals surface area contributed by atoms with Gasteiger partial charge in [0.25, 0.3) is 0 Å². The summed E-state index contributed by atoms with van der Waals surface area (Å²) in [6.07, 6.45) is 2.02. The predicted molar refractivity (Wildman–Crippen MR) is 88.0 cm³/mol. The van der Waals surface area contributed by atoms with E-state index in [0.717, 1.165) is 45.6 Å². The summed E-state index contributed by atoms with van der Waals surface area (Å²) in [4.78, 5) is 17.0. The van der Waals surface area contributed by atoms with Crippen molar-refractivity contribution in [3.63, 3.8) is 0 Å². The van der Waals surface area contributed by atoms with Gasteiger partial charge in [0, 0.05) is 37.6 Å². The molecule has 0 radical (unpaired) electrons. The number of piperazine rings is 1. The molecule has 0 spiro atoms. The maximum Gasteiger partial charge on any atom is 0.225 e. The van der Waals surface area contributed by atoms with Gasteiger partial charge in [-0.1, -0.05) is 0 Å². The van der Waals surface area contributed by atoms with Gasteiger partial charge in [0.05, 0.1) is 0 Å². The Morgan fingerprint density at radius 2 is 1.75 bits per heavy atom. The van der Waals surface area contributed by atoms with Crippen molar-refractivity contribution in [3.05, 3.63) is 0 Å². The molecule has 120 valence electrons. The summed E-state index contributed by atoms with van der Waals surface area (Å²) in [6.45, 7) is 11.5. The highest BCUT2D eigenvalue weighted by Gasteiger charge is 2.31. The summed E-state index contributed by atoms with van der Waals surface area (Å²) in [7, 11) is 0. The summed E-state index contributed by atoms with van der Waals surface area (Å²) in [5.74, 6) is 0.663. The first-order valence-electron chi connectivity index (χ1n) is 7.35. The van der Waals surface area contributed by atoms with E-state index in [1.54, 1.807) is 0 Å². The van der Waals surface area contributed by atoms with Gasteiger partial charge in [0.2, 0.25) is 5.91 Å². The van der Waals surface area contributed by atoms with Gasteiger partial charge in [-0.2, -0.15) is 0 Å². The summed E-state index contributed by atoms with van der Waals surface area (Å²) in [6, 6.07) is 1.07. The average Bonchev–Trinajstić information content (AvgIpc) is 2.38. The van der Waals surface area contributed by atoms with Crippen molar-refractivity contribution < 1.29 is 4.79 Å². The van der Waals surface area contributed by atoms with Crippen LogP contribution in [0.2, 0.25) is 0 Å². The fourth-order valence-electron chi connectivity index (χ4n) is 3.27. The second kappa shape index (κ2) is 9.08. The first kappa shape index (κ1) is 20.0. The van der Waals surface area contributed by atoms with Crippen LogP contribution in [-0.4, -0.2) is 60.5 Å². The van der Waals surface area contributed by atoms with E-state index in [9.17, 15) is 4.79 Å². The van der Waals surface area contributed by atoms with E-state index in [0.29, 0.717) is 18.0 Å². The van der Waals surface area contributed by atoms with Crippen molar-refractivity contribution in [1.82, 2.24) is 15.1 Å². The Kier molecular flexibility index (Phi) is 9.07. The fourth-order valence-corrected chi connectivity index (χ4v) is 3.27. The Morgan fingerprint density at radius 3 is 2.25 bits per heavy atom. The lowest BCUT2D eigenvalue weighted by Gasteiger charge is -2.43. The standard InChI is InChI=1S/C14H27N3O.2ClH/c1-11(2)17-9-8-16(10-12(17)3)14(18)13-4-6-15-7-5-13;;/h11-13,15H,4-10H2,1-3H3;2*1H/t12-;;/m0../s1. The SMILES string of the molecule is CC(C)N1CCN(C(=O)C2CCNCC2)C[C@@H]1C.Cl.Cl. The summed E-state index contributed by atoms with van der Waals surface area (Å²) in [5, 5.41) is 3.32. The minimum atomic E-state index is 0. The van der Waals surface area contributed by atoms with E-state index < -0.39 is 0 Å². The molecule has 4 nitrogen and oxygen atoms in total. The monoisotopic (exact) mass is 325 g/mol. The van der Waals surface area contributed by atoms with Gasteiger partial charge < -0.3 is 10.2 Å². The highest BCUT2D eigenvalue weighted by atomic mass is 35.5. The zero-order chi connectivity index (χ0) is 13.1. The Morgan fingerprint density at radius 1 is 1.15 bits per heavy atom.